The van der Waals surface area contributed by atoms with Crippen molar-refractivity contribution in [2.75, 3.05) is 18.4 Å². The maximum Gasteiger partial charge on any atom is 0.416 e. The monoisotopic (exact) mass is 505 g/mol. The minimum absolute atomic E-state index is 0.00813. The summed E-state index contributed by atoms with van der Waals surface area (Å²) in [6, 6.07) is 22.3. The normalized spacial score (nSPS) is 23.3. The molecule has 2 aliphatic heterocycles. The minimum Gasteiger partial charge on any atom is -0.378 e. The summed E-state index contributed by atoms with van der Waals surface area (Å²) in [5.74, 6) is 0.0563. The van der Waals surface area contributed by atoms with Crippen molar-refractivity contribution in [3.05, 3.63) is 101 Å². The lowest BCUT2D eigenvalue weighted by Crippen LogP contribution is -2.42. The molecule has 3 N–H and O–H groups in total. The smallest absolute Gasteiger partial charge is 0.378 e. The van der Waals surface area contributed by atoms with Crippen molar-refractivity contribution in [3.63, 3.8) is 0 Å². The predicted molar refractivity (Wildman–Crippen MR) is 139 cm³/mol. The van der Waals surface area contributed by atoms with Gasteiger partial charge in [-0.15, -0.1) is 0 Å². The van der Waals surface area contributed by atoms with Gasteiger partial charge in [0.15, 0.2) is 0 Å². The highest BCUT2D eigenvalue weighted by atomic mass is 19.4. The fourth-order valence-corrected chi connectivity index (χ4v) is 5.90. The summed E-state index contributed by atoms with van der Waals surface area (Å²) in [5, 5.41) is 8.28. The summed E-state index contributed by atoms with van der Waals surface area (Å²) >= 11 is 0. The van der Waals surface area contributed by atoms with E-state index in [9.17, 15) is 13.2 Å². The molecule has 0 bridgehead atoms. The van der Waals surface area contributed by atoms with Crippen LogP contribution in [0.25, 0.3) is 10.9 Å². The van der Waals surface area contributed by atoms with Crippen molar-refractivity contribution in [1.29, 1.82) is 0 Å². The lowest BCUT2D eigenvalue weighted by Gasteiger charge is -2.46. The third-order valence-corrected chi connectivity index (χ3v) is 7.75. The van der Waals surface area contributed by atoms with Crippen molar-refractivity contribution in [1.82, 2.24) is 10.3 Å². The van der Waals surface area contributed by atoms with Gasteiger partial charge in [0.05, 0.1) is 23.8 Å². The van der Waals surface area contributed by atoms with Crippen LogP contribution >= 0.6 is 0 Å². The number of H-pyrrole nitrogens is 1. The number of benzene rings is 3. The number of nitrogens with one attached hydrogen (secondary N) is 3. The van der Waals surface area contributed by atoms with Crippen molar-refractivity contribution in [2.24, 2.45) is 5.92 Å². The van der Waals surface area contributed by atoms with E-state index in [1.807, 2.05) is 30.3 Å². The van der Waals surface area contributed by atoms with E-state index < -0.39 is 17.8 Å². The quantitative estimate of drug-likeness (QED) is 0.247. The second-order valence-electron chi connectivity index (χ2n) is 10.1. The predicted octanol–water partition coefficient (Wildman–Crippen LogP) is 7.02. The van der Waals surface area contributed by atoms with E-state index in [1.165, 1.54) is 17.0 Å². The van der Waals surface area contributed by atoms with E-state index in [2.05, 4.69) is 46.1 Å². The maximum absolute atomic E-state index is 13.5. The van der Waals surface area contributed by atoms with Gasteiger partial charge < -0.3 is 20.4 Å². The second kappa shape index (κ2) is 9.88. The standard InChI is InChI=1S/C30H30F3N3O/c31-30(32,33)21-10-13-27-25(16-21)29-24(28(36-27)19-6-2-1-3-7-19)12-11-22(37-29)18-34-15-14-20-17-35-26-9-5-4-8-23(20)26/h1-10,13,16-17,22,24,28-29,34-36H,11-12,14-15,18H2/t22-,24+,28+,29+/m1/s1. The molecule has 2 aliphatic rings. The van der Waals surface area contributed by atoms with Crippen LogP contribution in [0.2, 0.25) is 0 Å². The number of anilines is 1. The van der Waals surface area contributed by atoms with E-state index >= 15 is 0 Å². The Bertz CT molecular complexity index is 1370. The third kappa shape index (κ3) is 4.86. The molecule has 4 atom stereocenters. The number of halogens is 3. The molecule has 192 valence electrons. The van der Waals surface area contributed by atoms with Crippen LogP contribution in [0.15, 0.2) is 79.0 Å². The molecule has 0 aliphatic carbocycles. The van der Waals surface area contributed by atoms with Crippen LogP contribution in [0.1, 0.15) is 47.2 Å². The Morgan fingerprint density at radius 2 is 1.76 bits per heavy atom. The zero-order chi connectivity index (χ0) is 25.4. The molecule has 1 fully saturated rings. The number of alkyl halides is 3. The second-order valence-corrected chi connectivity index (χ2v) is 10.1. The molecule has 3 heterocycles. The van der Waals surface area contributed by atoms with Gasteiger partial charge in [-0.05, 0) is 61.2 Å². The number of ether oxygens (including phenoxy) is 1. The highest BCUT2D eigenvalue weighted by molar-refractivity contribution is 5.83. The van der Waals surface area contributed by atoms with Crippen molar-refractivity contribution >= 4 is 16.6 Å². The summed E-state index contributed by atoms with van der Waals surface area (Å²) in [6.45, 7) is 1.47. The van der Waals surface area contributed by atoms with Crippen LogP contribution in [0.5, 0.6) is 0 Å². The largest absolute Gasteiger partial charge is 0.416 e. The Labute approximate surface area is 214 Å². The molecule has 7 heteroatoms. The number of hydrogen-bond acceptors (Lipinski definition) is 3. The lowest BCUT2D eigenvalue weighted by atomic mass is 9.76. The number of hydrogen-bond donors (Lipinski definition) is 3. The molecular weight excluding hydrogens is 475 g/mol. The Balaban J connectivity index is 1.17. The van der Waals surface area contributed by atoms with Gasteiger partial charge in [-0.2, -0.15) is 13.2 Å². The molecule has 1 aromatic heterocycles. The molecule has 37 heavy (non-hydrogen) atoms. The van der Waals surface area contributed by atoms with Gasteiger partial charge in [-0.25, -0.2) is 0 Å². The highest BCUT2D eigenvalue weighted by Crippen LogP contribution is 2.51. The molecular formula is C30H30F3N3O. The molecule has 4 nitrogen and oxygen atoms in total. The fourth-order valence-electron chi connectivity index (χ4n) is 5.90. The number of fused-ring (bicyclic) bond motifs is 4. The third-order valence-electron chi connectivity index (χ3n) is 7.75. The SMILES string of the molecule is FC(F)(F)c1ccc2c(c1)[C@H]1O[C@@H](CNCCc3c[nH]c4ccccc34)CC[C@H]1[C@H](c1ccccc1)N2. The molecule has 0 unspecified atom stereocenters. The van der Waals surface area contributed by atoms with Crippen LogP contribution in [-0.2, 0) is 17.3 Å². The summed E-state index contributed by atoms with van der Waals surface area (Å²) in [4.78, 5) is 3.31. The number of rotatable bonds is 6. The van der Waals surface area contributed by atoms with E-state index in [4.69, 9.17) is 4.74 Å². The first-order valence-electron chi connectivity index (χ1n) is 12.9. The molecule has 0 amide bonds. The van der Waals surface area contributed by atoms with Crippen molar-refractivity contribution < 1.29 is 17.9 Å². The van der Waals surface area contributed by atoms with Gasteiger partial charge in [-0.3, -0.25) is 0 Å². The van der Waals surface area contributed by atoms with E-state index in [0.29, 0.717) is 12.1 Å². The Morgan fingerprint density at radius 1 is 0.946 bits per heavy atom. The average Bonchev–Trinajstić information content (AvgIpc) is 3.33. The number of aromatic nitrogens is 1. The Hall–Kier alpha value is -3.29. The van der Waals surface area contributed by atoms with E-state index in [-0.39, 0.29) is 18.1 Å². The molecule has 3 aromatic carbocycles. The van der Waals surface area contributed by atoms with Crippen molar-refractivity contribution in [3.8, 4) is 0 Å². The van der Waals surface area contributed by atoms with Gasteiger partial charge in [0, 0.05) is 40.8 Å². The average molecular weight is 506 g/mol. The summed E-state index contributed by atoms with van der Waals surface area (Å²) < 4.78 is 47.2. The van der Waals surface area contributed by atoms with Crippen LogP contribution < -0.4 is 10.6 Å². The first kappa shape index (κ1) is 24.1. The topological polar surface area (TPSA) is 49.1 Å². The highest BCUT2D eigenvalue weighted by Gasteiger charge is 2.43. The van der Waals surface area contributed by atoms with Crippen LogP contribution in [-0.4, -0.2) is 24.2 Å². The Morgan fingerprint density at radius 3 is 2.59 bits per heavy atom. The van der Waals surface area contributed by atoms with E-state index in [1.54, 1.807) is 6.07 Å². The lowest BCUT2D eigenvalue weighted by molar-refractivity contribution is -0.138. The maximum atomic E-state index is 13.5. The summed E-state index contributed by atoms with van der Waals surface area (Å²) in [6.07, 6.45) is -0.150. The molecule has 1 saturated heterocycles. The van der Waals surface area contributed by atoms with Gasteiger partial charge in [0.25, 0.3) is 0 Å². The number of para-hydroxylation sites is 1. The Kier molecular flexibility index (Phi) is 6.42. The molecule has 4 aromatic rings. The molecule has 0 spiro atoms. The summed E-state index contributed by atoms with van der Waals surface area (Å²) in [5.41, 5.74) is 4.22. The minimum atomic E-state index is -4.39. The first-order valence-corrected chi connectivity index (χ1v) is 12.9. The molecule has 0 saturated carbocycles. The van der Waals surface area contributed by atoms with Gasteiger partial charge in [-0.1, -0.05) is 48.5 Å². The van der Waals surface area contributed by atoms with Gasteiger partial charge >= 0.3 is 6.18 Å². The van der Waals surface area contributed by atoms with Crippen LogP contribution in [0.3, 0.4) is 0 Å². The molecule has 0 radical (unpaired) electrons. The summed E-state index contributed by atoms with van der Waals surface area (Å²) in [7, 11) is 0. The van der Waals surface area contributed by atoms with E-state index in [0.717, 1.165) is 48.6 Å². The fraction of sp³-hybridized carbons (Fsp3) is 0.333. The van der Waals surface area contributed by atoms with Crippen LogP contribution in [0, 0.1) is 5.92 Å². The zero-order valence-electron chi connectivity index (χ0n) is 20.4. The van der Waals surface area contributed by atoms with Crippen molar-refractivity contribution in [2.45, 2.75) is 43.7 Å². The first-order chi connectivity index (χ1) is 18.0. The zero-order valence-corrected chi connectivity index (χ0v) is 20.4. The van der Waals surface area contributed by atoms with Crippen LogP contribution in [0.4, 0.5) is 18.9 Å². The van der Waals surface area contributed by atoms with Gasteiger partial charge in [0.1, 0.15) is 0 Å². The van der Waals surface area contributed by atoms with Gasteiger partial charge in [0.2, 0.25) is 0 Å². The molecule has 6 rings (SSSR count). The number of aromatic amines is 1.